The first-order chi connectivity index (χ1) is 32.4. The second-order valence-corrected chi connectivity index (χ2v) is 17.2. The molecule has 69 heavy (non-hydrogen) atoms. The Kier molecular flexibility index (Phi) is 18.2. The number of hydrogen-bond acceptors (Lipinski definition) is 13. The number of aliphatic carboxylic acids is 3. The maximum Gasteiger partial charge on any atom is 0.407 e. The number of amides is 7. The molecule has 0 saturated heterocycles. The molecule has 0 fully saturated rings. The van der Waals surface area contributed by atoms with Gasteiger partial charge in [0.25, 0.3) is 0 Å². The van der Waals surface area contributed by atoms with Crippen LogP contribution in [-0.4, -0.2) is 116 Å². The number of carbonyl (C=O) groups excluding carboxylic acids is 7. The van der Waals surface area contributed by atoms with Gasteiger partial charge in [-0.2, -0.15) is 0 Å². The quantitative estimate of drug-likeness (QED) is 0.0307. The van der Waals surface area contributed by atoms with E-state index >= 15 is 0 Å². The third-order valence-electron chi connectivity index (χ3n) is 11.3. The summed E-state index contributed by atoms with van der Waals surface area (Å²) in [6, 6.07) is 11.8. The van der Waals surface area contributed by atoms with E-state index in [4.69, 9.17) is 21.9 Å². The third kappa shape index (κ3) is 14.6. The molecule has 1 aliphatic carbocycles. The minimum atomic E-state index is -2.22. The SMILES string of the molecule is CC(C)C[C@H](NC(=O)[C@H](CC(C(=O)O)C(=O)O)NC(=O)OCC1c2ccccc2-c2ccccc21)C(=O)N[C@@H](Cc1ccc(O)c(N)c1)C(=O)N[C@@](C)(CCC(=O)O)C(=O)N[C@@H](CC(N)=O)C(N)=O. The van der Waals surface area contributed by atoms with Gasteiger partial charge < -0.3 is 68.9 Å². The second-order valence-electron chi connectivity index (χ2n) is 17.2. The van der Waals surface area contributed by atoms with Crippen LogP contribution in [0.1, 0.15) is 75.5 Å². The smallest absolute Gasteiger partial charge is 0.407 e. The number of alkyl carbamates (subject to hydrolysis) is 1. The Morgan fingerprint density at radius 1 is 0.710 bits per heavy atom. The van der Waals surface area contributed by atoms with Crippen molar-refractivity contribution in [1.82, 2.24) is 26.6 Å². The highest BCUT2D eigenvalue weighted by atomic mass is 16.5. The maximum atomic E-state index is 14.3. The molecule has 370 valence electrons. The van der Waals surface area contributed by atoms with E-state index in [1.807, 2.05) is 48.5 Å². The molecule has 0 bridgehead atoms. The Bertz CT molecular complexity index is 2420. The van der Waals surface area contributed by atoms with E-state index < -0.39 is 133 Å². The van der Waals surface area contributed by atoms with Crippen molar-refractivity contribution in [3.05, 3.63) is 83.4 Å². The maximum absolute atomic E-state index is 14.3. The Labute approximate surface area is 394 Å². The fraction of sp³-hybridized carbons (Fsp3) is 0.391. The molecule has 0 unspecified atom stereocenters. The summed E-state index contributed by atoms with van der Waals surface area (Å²) in [7, 11) is 0. The number of fused-ring (bicyclic) bond motifs is 3. The minimum absolute atomic E-state index is 0.128. The molecule has 15 N–H and O–H groups in total. The standard InChI is InChI=1S/C46H56N8O15/c1-22(2)16-32(50-40(61)34(19-28(42(63)64)43(65)66)53-45(68)69-21-29-26-10-6-4-8-24(26)25-9-5-7-11-27(25)29)39(60)51-33(18-23-12-13-35(55)30(47)17-23)41(62)54-46(3,15-14-37(57)58)44(67)52-31(38(49)59)20-36(48)56/h4-13,17,22,28-29,31-34,55H,14-16,18-21,47H2,1-3H3,(H2,48,56)(H2,49,59)(H,50,61)(H,51,60)(H,52,67)(H,53,68)(H,54,62)(H,57,58)(H,63,64)(H,65,66)/t31-,32-,33-,34-,46-/m0/s1. The summed E-state index contributed by atoms with van der Waals surface area (Å²) in [6.45, 7) is 4.20. The van der Waals surface area contributed by atoms with Crippen molar-refractivity contribution >= 4 is 65.1 Å². The lowest BCUT2D eigenvalue weighted by Gasteiger charge is -2.33. The number of benzene rings is 3. The number of primary amides is 2. The molecule has 3 aromatic rings. The Balaban J connectivity index is 1.64. The molecule has 0 aliphatic heterocycles. The lowest BCUT2D eigenvalue weighted by Crippen LogP contribution is -2.64. The summed E-state index contributed by atoms with van der Waals surface area (Å²) in [6.07, 6.45) is -4.87. The molecule has 7 amide bonds. The summed E-state index contributed by atoms with van der Waals surface area (Å²) >= 11 is 0. The van der Waals surface area contributed by atoms with E-state index in [0.717, 1.165) is 29.2 Å². The van der Waals surface area contributed by atoms with Crippen LogP contribution in [0.5, 0.6) is 5.75 Å². The number of nitrogen functional groups attached to an aromatic ring is 1. The van der Waals surface area contributed by atoms with E-state index in [1.54, 1.807) is 13.8 Å². The number of hydrogen-bond donors (Lipinski definition) is 12. The second kappa shape index (κ2) is 23.5. The van der Waals surface area contributed by atoms with Crippen molar-refractivity contribution in [1.29, 1.82) is 0 Å². The molecule has 0 aromatic heterocycles. The average Bonchev–Trinajstić information content (AvgIpc) is 3.59. The van der Waals surface area contributed by atoms with Gasteiger partial charge in [-0.25, -0.2) is 4.79 Å². The molecule has 1 aliphatic rings. The molecule has 23 heteroatoms. The van der Waals surface area contributed by atoms with Gasteiger partial charge in [0.15, 0.2) is 5.92 Å². The summed E-state index contributed by atoms with van der Waals surface area (Å²) in [4.78, 5) is 129. The third-order valence-corrected chi connectivity index (χ3v) is 11.3. The summed E-state index contributed by atoms with van der Waals surface area (Å²) in [5, 5.41) is 50.8. The minimum Gasteiger partial charge on any atom is -0.506 e. The first kappa shape index (κ1) is 53.4. The summed E-state index contributed by atoms with van der Waals surface area (Å²) < 4.78 is 5.55. The van der Waals surface area contributed by atoms with E-state index in [-0.39, 0.29) is 35.9 Å². The normalized spacial score (nSPS) is 14.3. The number of rotatable bonds is 25. The van der Waals surface area contributed by atoms with Crippen LogP contribution in [0.15, 0.2) is 66.7 Å². The van der Waals surface area contributed by atoms with Crippen LogP contribution in [0, 0.1) is 11.8 Å². The number of aromatic hydroxyl groups is 1. The first-order valence-electron chi connectivity index (χ1n) is 21.6. The monoisotopic (exact) mass is 960 g/mol. The fourth-order valence-electron chi connectivity index (χ4n) is 7.67. The molecule has 5 atom stereocenters. The zero-order valence-electron chi connectivity index (χ0n) is 37.9. The first-order valence-corrected chi connectivity index (χ1v) is 21.6. The van der Waals surface area contributed by atoms with E-state index in [1.165, 1.54) is 18.2 Å². The van der Waals surface area contributed by atoms with Crippen LogP contribution in [0.4, 0.5) is 10.5 Å². The molecule has 0 radical (unpaired) electrons. The van der Waals surface area contributed by atoms with Crippen LogP contribution in [-0.2, 0) is 54.3 Å². The van der Waals surface area contributed by atoms with Gasteiger partial charge in [-0.15, -0.1) is 0 Å². The van der Waals surface area contributed by atoms with Gasteiger partial charge >= 0.3 is 24.0 Å². The van der Waals surface area contributed by atoms with Crippen molar-refractivity contribution in [3.8, 4) is 16.9 Å². The lowest BCUT2D eigenvalue weighted by atomic mass is 9.92. The summed E-state index contributed by atoms with van der Waals surface area (Å²) in [5.41, 5.74) is 17.9. The predicted molar refractivity (Wildman–Crippen MR) is 243 cm³/mol. The topological polar surface area (TPSA) is 399 Å². The van der Waals surface area contributed by atoms with Crippen LogP contribution >= 0.6 is 0 Å². The van der Waals surface area contributed by atoms with Crippen LogP contribution in [0.2, 0.25) is 0 Å². The number of carboxylic acids is 3. The van der Waals surface area contributed by atoms with Gasteiger partial charge in [0.05, 0.1) is 12.1 Å². The Morgan fingerprint density at radius 2 is 1.26 bits per heavy atom. The van der Waals surface area contributed by atoms with Gasteiger partial charge in [0, 0.05) is 25.2 Å². The van der Waals surface area contributed by atoms with Crippen molar-refractivity contribution in [2.45, 2.75) is 94.9 Å². The van der Waals surface area contributed by atoms with E-state index in [0.29, 0.717) is 0 Å². The molecule has 0 spiro atoms. The zero-order chi connectivity index (χ0) is 51.3. The lowest BCUT2D eigenvalue weighted by molar-refractivity contribution is -0.155. The molecule has 0 saturated carbocycles. The molecular formula is C46H56N8O15. The van der Waals surface area contributed by atoms with Gasteiger partial charge in [0.2, 0.25) is 35.4 Å². The number of ether oxygens (including phenoxy) is 1. The van der Waals surface area contributed by atoms with Crippen LogP contribution in [0.25, 0.3) is 11.1 Å². The fourth-order valence-corrected chi connectivity index (χ4v) is 7.67. The number of nitrogens with one attached hydrogen (secondary N) is 5. The average molecular weight is 961 g/mol. The van der Waals surface area contributed by atoms with Crippen molar-refractivity contribution in [3.63, 3.8) is 0 Å². The Morgan fingerprint density at radius 3 is 1.77 bits per heavy atom. The predicted octanol–water partition coefficient (Wildman–Crippen LogP) is 0.201. The number of anilines is 1. The highest BCUT2D eigenvalue weighted by molar-refractivity contribution is 5.99. The summed E-state index contributed by atoms with van der Waals surface area (Å²) in [5.74, 6) is -15.2. The van der Waals surface area contributed by atoms with Gasteiger partial charge in [-0.3, -0.25) is 43.2 Å². The van der Waals surface area contributed by atoms with Crippen molar-refractivity contribution < 1.29 is 73.1 Å². The molecule has 0 heterocycles. The van der Waals surface area contributed by atoms with Crippen LogP contribution < -0.4 is 43.8 Å². The van der Waals surface area contributed by atoms with Gasteiger partial charge in [-0.05, 0) is 65.6 Å². The number of carboxylic acid groups (broad SMARTS) is 3. The highest BCUT2D eigenvalue weighted by Gasteiger charge is 2.41. The number of nitrogens with two attached hydrogens (primary N) is 3. The van der Waals surface area contributed by atoms with Crippen molar-refractivity contribution in [2.75, 3.05) is 12.3 Å². The number of phenols is 1. The van der Waals surface area contributed by atoms with Crippen LogP contribution in [0.3, 0.4) is 0 Å². The molecule has 3 aromatic carbocycles. The number of carbonyl (C=O) groups is 10. The van der Waals surface area contributed by atoms with Crippen molar-refractivity contribution in [2.24, 2.45) is 23.3 Å². The van der Waals surface area contributed by atoms with Gasteiger partial charge in [0.1, 0.15) is 42.1 Å². The molecule has 4 rings (SSSR count). The zero-order valence-corrected chi connectivity index (χ0v) is 37.9. The Hall–Kier alpha value is -8.24. The van der Waals surface area contributed by atoms with E-state index in [9.17, 15) is 68.4 Å². The molecular weight excluding hydrogens is 905 g/mol. The largest absolute Gasteiger partial charge is 0.506 e. The van der Waals surface area contributed by atoms with Gasteiger partial charge in [-0.1, -0.05) is 68.4 Å². The number of phenolic OH excluding ortho intramolecular Hbond substituents is 1. The highest BCUT2D eigenvalue weighted by Crippen LogP contribution is 2.44. The molecule has 23 nitrogen and oxygen atoms in total. The van der Waals surface area contributed by atoms with E-state index in [2.05, 4.69) is 26.6 Å².